The number of para-hydroxylation sites is 2. The van der Waals surface area contributed by atoms with E-state index in [1.165, 1.54) is 17.2 Å². The molecular formula is C34H46N2O4. The Morgan fingerprint density at radius 2 is 1.40 bits per heavy atom. The molecule has 216 valence electrons. The summed E-state index contributed by atoms with van der Waals surface area (Å²) in [4.78, 5) is 23.3. The van der Waals surface area contributed by atoms with Gasteiger partial charge in [0.2, 0.25) is 0 Å². The van der Waals surface area contributed by atoms with Gasteiger partial charge in [-0.2, -0.15) is 0 Å². The van der Waals surface area contributed by atoms with Gasteiger partial charge in [-0.25, -0.2) is 9.59 Å². The zero-order valence-corrected chi connectivity index (χ0v) is 24.9. The Morgan fingerprint density at radius 1 is 0.850 bits per heavy atom. The highest BCUT2D eigenvalue weighted by molar-refractivity contribution is 5.95. The van der Waals surface area contributed by atoms with Crippen LogP contribution in [-0.4, -0.2) is 22.6 Å². The molecule has 2 atom stereocenters. The fourth-order valence-electron chi connectivity index (χ4n) is 4.05. The Labute approximate surface area is 240 Å². The van der Waals surface area contributed by atoms with Crippen LogP contribution in [-0.2, 0) is 10.2 Å². The number of rotatable bonds is 12. The van der Waals surface area contributed by atoms with Gasteiger partial charge in [-0.1, -0.05) is 67.1 Å². The number of carbonyl (C=O) groups excluding carboxylic acids is 1. The van der Waals surface area contributed by atoms with Crippen LogP contribution >= 0.6 is 0 Å². The maximum atomic E-state index is 12.2. The first kappa shape index (κ1) is 34.0. The largest absolute Gasteiger partial charge is 0.478 e. The van der Waals surface area contributed by atoms with Gasteiger partial charge in [0.15, 0.2) is 0 Å². The molecule has 2 unspecified atom stereocenters. The van der Waals surface area contributed by atoms with Crippen molar-refractivity contribution in [2.24, 2.45) is 0 Å². The Morgan fingerprint density at radius 3 is 1.90 bits per heavy atom. The van der Waals surface area contributed by atoms with E-state index in [0.29, 0.717) is 23.4 Å². The molecule has 0 aliphatic carbocycles. The third-order valence-corrected chi connectivity index (χ3v) is 6.75. The van der Waals surface area contributed by atoms with Gasteiger partial charge in [-0.15, -0.1) is 6.58 Å². The van der Waals surface area contributed by atoms with Crippen LogP contribution in [0.2, 0.25) is 0 Å². The molecule has 2 aromatic rings. The molecule has 40 heavy (non-hydrogen) atoms. The van der Waals surface area contributed by atoms with Crippen LogP contribution in [0.15, 0.2) is 91.1 Å². The van der Waals surface area contributed by atoms with Crippen LogP contribution in [0.1, 0.15) is 93.5 Å². The van der Waals surface area contributed by atoms with Gasteiger partial charge in [-0.3, -0.25) is 0 Å². The Kier molecular flexibility index (Phi) is 13.2. The molecule has 0 heterocycles. The van der Waals surface area contributed by atoms with Crippen LogP contribution in [0.3, 0.4) is 0 Å². The summed E-state index contributed by atoms with van der Waals surface area (Å²) in [7, 11) is 0. The van der Waals surface area contributed by atoms with Gasteiger partial charge in [0, 0.05) is 11.1 Å². The summed E-state index contributed by atoms with van der Waals surface area (Å²) in [6.07, 6.45) is 11.1. The smallest absolute Gasteiger partial charge is 0.341 e. The summed E-state index contributed by atoms with van der Waals surface area (Å²) in [5, 5.41) is 9.16. The van der Waals surface area contributed by atoms with Crippen molar-refractivity contribution in [2.45, 2.75) is 78.2 Å². The molecule has 2 aromatic carbocycles. The van der Waals surface area contributed by atoms with E-state index >= 15 is 0 Å². The molecule has 6 heteroatoms. The number of anilines is 2. The molecule has 0 radical (unpaired) electrons. The van der Waals surface area contributed by atoms with Crippen molar-refractivity contribution in [3.8, 4) is 0 Å². The maximum absolute atomic E-state index is 12.2. The van der Waals surface area contributed by atoms with E-state index in [1.54, 1.807) is 36.4 Å². The lowest BCUT2D eigenvalue weighted by molar-refractivity contribution is 0.00845. The Balaban J connectivity index is 0.000000400. The maximum Gasteiger partial charge on any atom is 0.341 e. The number of ether oxygens (including phenoxy) is 1. The van der Waals surface area contributed by atoms with Crippen molar-refractivity contribution < 1.29 is 19.4 Å². The van der Waals surface area contributed by atoms with Crippen LogP contribution in [0.4, 0.5) is 11.4 Å². The van der Waals surface area contributed by atoms with E-state index in [4.69, 9.17) is 21.3 Å². The van der Waals surface area contributed by atoms with Crippen molar-refractivity contribution in [3.63, 3.8) is 0 Å². The molecule has 6 nitrogen and oxygen atoms in total. The molecule has 0 spiro atoms. The molecule has 0 aromatic heterocycles. The monoisotopic (exact) mass is 546 g/mol. The van der Waals surface area contributed by atoms with E-state index in [-0.39, 0.29) is 11.0 Å². The molecule has 2 rings (SSSR count). The molecule has 0 saturated heterocycles. The molecule has 0 bridgehead atoms. The van der Waals surface area contributed by atoms with Gasteiger partial charge in [0.1, 0.15) is 5.60 Å². The number of hydrogen-bond acceptors (Lipinski definition) is 5. The highest BCUT2D eigenvalue weighted by Gasteiger charge is 2.27. The van der Waals surface area contributed by atoms with E-state index in [9.17, 15) is 9.59 Å². The molecule has 0 amide bonds. The summed E-state index contributed by atoms with van der Waals surface area (Å²) in [5.41, 5.74) is 15.4. The van der Waals surface area contributed by atoms with E-state index in [0.717, 1.165) is 24.8 Å². The molecular weight excluding hydrogens is 500 g/mol. The first-order valence-corrected chi connectivity index (χ1v) is 13.4. The lowest BCUT2D eigenvalue weighted by atomic mass is 9.77. The number of nitrogen functional groups attached to an aromatic ring is 2. The number of carboxylic acid groups (broad SMARTS) is 1. The van der Waals surface area contributed by atoms with Gasteiger partial charge >= 0.3 is 11.9 Å². The minimum absolute atomic E-state index is 0.151. The Bertz CT molecular complexity index is 1250. The SMILES string of the molecule is C=CC(C)(CCC=C(C)C)OC(=O)c1ccccc1N.C=CC(C)(CCC=C(C)C)c1cccc(C(=O)O)c1N. The molecule has 5 N–H and O–H groups in total. The highest BCUT2D eigenvalue weighted by atomic mass is 16.6. The number of carbonyl (C=O) groups is 2. The van der Waals surface area contributed by atoms with Crippen LogP contribution in [0.5, 0.6) is 0 Å². The predicted molar refractivity (Wildman–Crippen MR) is 168 cm³/mol. The average molecular weight is 547 g/mol. The fourth-order valence-corrected chi connectivity index (χ4v) is 4.05. The molecule has 0 aliphatic rings. The van der Waals surface area contributed by atoms with Crippen LogP contribution in [0.25, 0.3) is 0 Å². The lowest BCUT2D eigenvalue weighted by Gasteiger charge is -2.28. The van der Waals surface area contributed by atoms with Gasteiger partial charge in [0.05, 0.1) is 16.8 Å². The van der Waals surface area contributed by atoms with Crippen molar-refractivity contribution in [2.75, 3.05) is 11.5 Å². The Hall–Kier alpha value is -4.06. The first-order valence-electron chi connectivity index (χ1n) is 13.4. The third-order valence-electron chi connectivity index (χ3n) is 6.75. The molecule has 0 aliphatic heterocycles. The second kappa shape index (κ2) is 15.5. The number of nitrogens with two attached hydrogens (primary N) is 2. The van der Waals surface area contributed by atoms with Gasteiger partial charge in [0.25, 0.3) is 0 Å². The quantitative estimate of drug-likeness (QED) is 0.140. The van der Waals surface area contributed by atoms with Crippen LogP contribution in [0, 0.1) is 0 Å². The van der Waals surface area contributed by atoms with E-state index < -0.39 is 17.5 Å². The predicted octanol–water partition coefficient (Wildman–Crippen LogP) is 8.27. The number of benzene rings is 2. The van der Waals surface area contributed by atoms with Crippen molar-refractivity contribution in [3.05, 3.63) is 108 Å². The topological polar surface area (TPSA) is 116 Å². The van der Waals surface area contributed by atoms with Crippen molar-refractivity contribution in [1.82, 2.24) is 0 Å². The second-order valence-electron chi connectivity index (χ2n) is 10.8. The summed E-state index contributed by atoms with van der Waals surface area (Å²) in [5.74, 6) is -1.41. The zero-order chi connectivity index (χ0) is 30.5. The van der Waals surface area contributed by atoms with E-state index in [1.807, 2.05) is 39.8 Å². The molecule has 0 saturated carbocycles. The standard InChI is InChI=1S/2C17H23NO2/c1-5-17(4,11-7-8-12(2)3)14-10-6-9-13(15(14)18)16(19)20;1-5-17(4,12-8-9-13(2)3)20-16(19)14-10-6-7-11-15(14)18/h5-6,8-10H,1,7,11,18H2,2-4H3,(H,19,20);5-7,9-11H,1,8,12,18H2,2-4H3. The molecule has 0 fully saturated rings. The first-order chi connectivity index (χ1) is 18.7. The second-order valence-corrected chi connectivity index (χ2v) is 10.8. The highest BCUT2D eigenvalue weighted by Crippen LogP contribution is 2.36. The van der Waals surface area contributed by atoms with Crippen molar-refractivity contribution >= 4 is 23.3 Å². The van der Waals surface area contributed by atoms with Crippen LogP contribution < -0.4 is 11.5 Å². The summed E-state index contributed by atoms with van der Waals surface area (Å²) < 4.78 is 5.57. The van der Waals surface area contributed by atoms with E-state index in [2.05, 4.69) is 39.2 Å². The number of esters is 1. The lowest BCUT2D eigenvalue weighted by Crippen LogP contribution is -2.29. The van der Waals surface area contributed by atoms with Crippen molar-refractivity contribution in [1.29, 1.82) is 0 Å². The fraction of sp³-hybridized carbons (Fsp3) is 0.353. The van der Waals surface area contributed by atoms with Gasteiger partial charge in [-0.05, 0) is 90.1 Å². The van der Waals surface area contributed by atoms with Gasteiger partial charge < -0.3 is 21.3 Å². The number of aromatic carboxylic acids is 1. The number of hydrogen-bond donors (Lipinski definition) is 3. The summed E-state index contributed by atoms with van der Waals surface area (Å²) in [6.45, 7) is 19.8. The minimum atomic E-state index is -1.000. The number of allylic oxidation sites excluding steroid dienone is 5. The number of carboxylic acids is 1. The summed E-state index contributed by atoms with van der Waals surface area (Å²) in [6, 6.07) is 12.0. The zero-order valence-electron chi connectivity index (χ0n) is 24.9. The normalized spacial score (nSPS) is 13.2. The summed E-state index contributed by atoms with van der Waals surface area (Å²) >= 11 is 0. The average Bonchev–Trinajstić information content (AvgIpc) is 2.88. The third kappa shape index (κ3) is 10.3. The minimum Gasteiger partial charge on any atom is -0.478 e.